The average molecular weight is 589 g/mol. The van der Waals surface area contributed by atoms with Gasteiger partial charge in [0.15, 0.2) is 10.9 Å². The van der Waals surface area contributed by atoms with Gasteiger partial charge in [0.2, 0.25) is 0 Å². The maximum Gasteiger partial charge on any atom is 0.269 e. The number of aliphatic imine (C=N–C) groups is 1. The summed E-state index contributed by atoms with van der Waals surface area (Å²) in [6, 6.07) is 10.1. The second kappa shape index (κ2) is 12.7. The molecule has 5 rings (SSSR count). The molecule has 0 bridgehead atoms. The molecular formula is C29H31Cl2N3O4S. The van der Waals surface area contributed by atoms with Crippen LogP contribution in [0.5, 0.6) is 5.75 Å². The summed E-state index contributed by atoms with van der Waals surface area (Å²) in [5, 5.41) is 12.5. The molecule has 3 aliphatic rings. The van der Waals surface area contributed by atoms with E-state index in [9.17, 15) is 14.9 Å². The van der Waals surface area contributed by atoms with Gasteiger partial charge < -0.3 is 4.74 Å². The zero-order valence-corrected chi connectivity index (χ0v) is 23.9. The number of amidine groups is 1. The monoisotopic (exact) mass is 587 g/mol. The fourth-order valence-corrected chi connectivity index (χ4v) is 7.19. The number of benzene rings is 2. The Bertz CT molecular complexity index is 1280. The van der Waals surface area contributed by atoms with Gasteiger partial charge in [-0.05, 0) is 66.8 Å². The van der Waals surface area contributed by atoms with Crippen LogP contribution in [0, 0.1) is 10.1 Å². The van der Waals surface area contributed by atoms with Gasteiger partial charge in [-0.15, -0.1) is 0 Å². The lowest BCUT2D eigenvalue weighted by Crippen LogP contribution is -2.41. The van der Waals surface area contributed by atoms with Crippen LogP contribution in [0.1, 0.15) is 75.3 Å². The average Bonchev–Trinajstić information content (AvgIpc) is 3.23. The first kappa shape index (κ1) is 28.0. The number of carbonyl (C=O) groups is 1. The van der Waals surface area contributed by atoms with Crippen molar-refractivity contribution < 1.29 is 14.5 Å². The molecule has 7 nitrogen and oxygen atoms in total. The lowest BCUT2D eigenvalue weighted by molar-refractivity contribution is -0.384. The number of amides is 1. The maximum atomic E-state index is 13.7. The molecule has 2 aliphatic carbocycles. The minimum atomic E-state index is -0.450. The van der Waals surface area contributed by atoms with Gasteiger partial charge in [0.25, 0.3) is 11.6 Å². The number of nitro groups is 1. The first-order valence-corrected chi connectivity index (χ1v) is 15.1. The molecule has 1 heterocycles. The molecule has 2 aromatic rings. The van der Waals surface area contributed by atoms with E-state index in [0.717, 1.165) is 43.7 Å². The molecule has 1 amide bonds. The molecule has 2 saturated carbocycles. The number of rotatable bonds is 7. The van der Waals surface area contributed by atoms with Crippen LogP contribution in [-0.4, -0.2) is 33.0 Å². The minimum absolute atomic E-state index is 0.000275. The van der Waals surface area contributed by atoms with Crippen molar-refractivity contribution in [2.45, 2.75) is 82.9 Å². The van der Waals surface area contributed by atoms with Gasteiger partial charge in [-0.1, -0.05) is 73.9 Å². The topological polar surface area (TPSA) is 85.0 Å². The van der Waals surface area contributed by atoms with Crippen molar-refractivity contribution in [3.8, 4) is 5.75 Å². The third-order valence-electron chi connectivity index (χ3n) is 7.47. The highest BCUT2D eigenvalue weighted by Gasteiger charge is 2.39. The molecule has 206 valence electrons. The van der Waals surface area contributed by atoms with E-state index in [1.807, 2.05) is 11.0 Å². The van der Waals surface area contributed by atoms with E-state index in [2.05, 4.69) is 0 Å². The third kappa shape index (κ3) is 6.79. The van der Waals surface area contributed by atoms with Crippen molar-refractivity contribution in [1.29, 1.82) is 0 Å². The van der Waals surface area contributed by atoms with Crippen LogP contribution in [0.4, 0.5) is 5.69 Å². The number of hydrogen-bond donors (Lipinski definition) is 0. The molecule has 0 radical (unpaired) electrons. The van der Waals surface area contributed by atoms with Crippen molar-refractivity contribution in [3.05, 3.63) is 72.6 Å². The molecule has 0 spiro atoms. The van der Waals surface area contributed by atoms with Crippen LogP contribution in [0.3, 0.4) is 0 Å². The lowest BCUT2D eigenvalue weighted by Gasteiger charge is -2.31. The largest absolute Gasteiger partial charge is 0.486 e. The Morgan fingerprint density at radius 1 is 1.03 bits per heavy atom. The molecule has 1 aliphatic heterocycles. The van der Waals surface area contributed by atoms with Crippen LogP contribution in [-0.2, 0) is 11.4 Å². The van der Waals surface area contributed by atoms with Gasteiger partial charge in [0, 0.05) is 18.2 Å². The number of non-ortho nitro benzene ring substituents is 1. The summed E-state index contributed by atoms with van der Waals surface area (Å²) in [5.74, 6) is 0.292. The third-order valence-corrected chi connectivity index (χ3v) is 9.03. The summed E-state index contributed by atoms with van der Waals surface area (Å²) in [4.78, 5) is 31.9. The fourth-order valence-electron chi connectivity index (χ4n) is 5.47. The zero-order chi connectivity index (χ0) is 27.4. The Balaban J connectivity index is 1.36. The number of nitrogens with zero attached hydrogens (tertiary/aromatic N) is 3. The van der Waals surface area contributed by atoms with E-state index in [1.165, 1.54) is 49.6 Å². The van der Waals surface area contributed by atoms with Crippen LogP contribution in [0.2, 0.25) is 10.0 Å². The highest BCUT2D eigenvalue weighted by Crippen LogP contribution is 2.40. The molecule has 1 saturated heterocycles. The van der Waals surface area contributed by atoms with E-state index in [-0.39, 0.29) is 30.3 Å². The van der Waals surface area contributed by atoms with Gasteiger partial charge in [0.1, 0.15) is 6.61 Å². The first-order chi connectivity index (χ1) is 18.9. The second-order valence-electron chi connectivity index (χ2n) is 10.3. The second-order valence-corrected chi connectivity index (χ2v) is 12.1. The van der Waals surface area contributed by atoms with Gasteiger partial charge in [-0.3, -0.25) is 24.8 Å². The molecule has 0 unspecified atom stereocenters. The predicted molar refractivity (Wildman–Crippen MR) is 157 cm³/mol. The molecule has 0 atom stereocenters. The minimum Gasteiger partial charge on any atom is -0.486 e. The predicted octanol–water partition coefficient (Wildman–Crippen LogP) is 8.42. The van der Waals surface area contributed by atoms with Crippen LogP contribution in [0.15, 0.2) is 46.3 Å². The van der Waals surface area contributed by atoms with Crippen molar-refractivity contribution >= 4 is 57.8 Å². The Labute approximate surface area is 242 Å². The molecule has 10 heteroatoms. The van der Waals surface area contributed by atoms with Gasteiger partial charge in [0.05, 0.1) is 25.9 Å². The summed E-state index contributed by atoms with van der Waals surface area (Å²) >= 11 is 14.5. The van der Waals surface area contributed by atoms with E-state index >= 15 is 0 Å². The van der Waals surface area contributed by atoms with Crippen molar-refractivity contribution in [2.75, 3.05) is 0 Å². The smallest absolute Gasteiger partial charge is 0.269 e. The van der Waals surface area contributed by atoms with E-state index < -0.39 is 4.92 Å². The number of nitro benzene ring substituents is 1. The van der Waals surface area contributed by atoms with Crippen molar-refractivity contribution in [1.82, 2.24) is 4.90 Å². The highest BCUT2D eigenvalue weighted by molar-refractivity contribution is 8.18. The molecular weight excluding hydrogens is 557 g/mol. The van der Waals surface area contributed by atoms with Crippen molar-refractivity contribution in [3.63, 3.8) is 0 Å². The highest BCUT2D eigenvalue weighted by atomic mass is 35.5. The molecule has 3 fully saturated rings. The molecule has 0 N–H and O–H groups in total. The number of hydrogen-bond acceptors (Lipinski definition) is 6. The molecule has 0 aromatic heterocycles. The SMILES string of the molecule is O=C1C(=Cc2cc(Cl)c(OCc3cccc([N+](=O)[O-])c3)c(Cl)c2)SC(=NC2CCCCC2)N1C1CCCCC1. The molecule has 2 aromatic carbocycles. The van der Waals surface area contributed by atoms with Gasteiger partial charge in [-0.25, -0.2) is 0 Å². The Kier molecular flexibility index (Phi) is 9.15. The Morgan fingerprint density at radius 3 is 2.36 bits per heavy atom. The van der Waals surface area contributed by atoms with Crippen LogP contribution in [0.25, 0.3) is 6.08 Å². The lowest BCUT2D eigenvalue weighted by atomic mass is 9.94. The summed E-state index contributed by atoms with van der Waals surface area (Å²) in [5.41, 5.74) is 1.32. The van der Waals surface area contributed by atoms with E-state index in [4.69, 9.17) is 32.9 Å². The van der Waals surface area contributed by atoms with Gasteiger partial charge >= 0.3 is 0 Å². The number of thioether (sulfide) groups is 1. The van der Waals surface area contributed by atoms with Crippen LogP contribution >= 0.6 is 35.0 Å². The summed E-state index contributed by atoms with van der Waals surface area (Å²) < 4.78 is 5.83. The maximum absolute atomic E-state index is 13.7. The number of ether oxygens (including phenoxy) is 1. The summed E-state index contributed by atoms with van der Waals surface area (Å²) in [7, 11) is 0. The fraction of sp³-hybridized carbons (Fsp3) is 0.448. The summed E-state index contributed by atoms with van der Waals surface area (Å²) in [6.07, 6.45) is 13.2. The molecule has 39 heavy (non-hydrogen) atoms. The first-order valence-electron chi connectivity index (χ1n) is 13.5. The van der Waals surface area contributed by atoms with Crippen molar-refractivity contribution in [2.24, 2.45) is 4.99 Å². The number of halogens is 2. The quantitative estimate of drug-likeness (QED) is 0.184. The summed E-state index contributed by atoms with van der Waals surface area (Å²) in [6.45, 7) is 0.0766. The normalized spacial score (nSPS) is 21.2. The van der Waals surface area contributed by atoms with Gasteiger partial charge in [-0.2, -0.15) is 0 Å². The standard InChI is InChI=1S/C29H31Cl2N3O4S/c30-24-15-20(16-25(31)27(24)38-18-19-8-7-13-23(14-19)34(36)37)17-26-28(35)33(22-11-5-2-6-12-22)29(39-26)32-21-9-3-1-4-10-21/h7-8,13-17,21-22H,1-6,9-12,18H2. The van der Waals surface area contributed by atoms with E-state index in [0.29, 0.717) is 31.8 Å². The van der Waals surface area contributed by atoms with E-state index in [1.54, 1.807) is 24.3 Å². The Hall–Kier alpha value is -2.55. The van der Waals surface area contributed by atoms with Crippen LogP contribution < -0.4 is 4.74 Å². The number of carbonyl (C=O) groups excluding carboxylic acids is 1. The Morgan fingerprint density at radius 2 is 1.69 bits per heavy atom. The zero-order valence-electron chi connectivity index (χ0n) is 21.6.